The molecule has 12 rings (SSSR count). The number of benzene rings is 10. The van der Waals surface area contributed by atoms with Crippen molar-refractivity contribution in [2.45, 2.75) is 19.3 Å². The van der Waals surface area contributed by atoms with Crippen LogP contribution in [-0.4, -0.2) is 0 Å². The maximum Gasteiger partial charge on any atom is 0.135 e. The van der Waals surface area contributed by atoms with E-state index >= 15 is 0 Å². The van der Waals surface area contributed by atoms with Crippen molar-refractivity contribution in [3.63, 3.8) is 0 Å². The fourth-order valence-electron chi connectivity index (χ4n) is 10.2. The summed E-state index contributed by atoms with van der Waals surface area (Å²) in [5, 5.41) is 12.5. The van der Waals surface area contributed by atoms with Gasteiger partial charge in [-0.2, -0.15) is 0 Å². The first kappa shape index (κ1) is 31.4. The van der Waals surface area contributed by atoms with Gasteiger partial charge in [0, 0.05) is 16.2 Å². The van der Waals surface area contributed by atoms with E-state index in [2.05, 4.69) is 190 Å². The molecule has 0 spiro atoms. The molecule has 0 atom stereocenters. The van der Waals surface area contributed by atoms with Crippen molar-refractivity contribution in [1.29, 1.82) is 0 Å². The van der Waals surface area contributed by atoms with Crippen molar-refractivity contribution in [1.82, 2.24) is 0 Å². The lowest BCUT2D eigenvalue weighted by Crippen LogP contribution is -2.15. The second-order valence-electron chi connectivity index (χ2n) is 16.0. The Morgan fingerprint density at radius 2 is 0.875 bits per heavy atom. The summed E-state index contributed by atoms with van der Waals surface area (Å²) < 4.78 is 6.24. The maximum absolute atomic E-state index is 6.24. The van der Waals surface area contributed by atoms with Crippen LogP contribution in [0.3, 0.4) is 0 Å². The molecule has 1 nitrogen and oxygen atoms in total. The van der Waals surface area contributed by atoms with Gasteiger partial charge in [-0.05, 0) is 129 Å². The highest BCUT2D eigenvalue weighted by molar-refractivity contribution is 6.22. The van der Waals surface area contributed by atoms with E-state index in [-0.39, 0.29) is 5.41 Å². The van der Waals surface area contributed by atoms with Crippen molar-refractivity contribution in [2.75, 3.05) is 0 Å². The third-order valence-corrected chi connectivity index (χ3v) is 12.6. The molecule has 10 aromatic carbocycles. The number of fused-ring (bicyclic) bond motifs is 12. The van der Waals surface area contributed by atoms with E-state index in [1.54, 1.807) is 0 Å². The Balaban J connectivity index is 1.09. The van der Waals surface area contributed by atoms with Gasteiger partial charge in [-0.1, -0.05) is 166 Å². The SMILES string of the molecule is CC1(C)c2cc(-c3cccc(-c4c5ccccc5c(-c5ccc6oc7ccccc7c6c5)c5ccccc45)c3)c3ccccc3c2-c2ccc3ccccc3c21. The van der Waals surface area contributed by atoms with Gasteiger partial charge in [0.05, 0.1) is 0 Å². The molecule has 262 valence electrons. The van der Waals surface area contributed by atoms with Gasteiger partial charge in [0.25, 0.3) is 0 Å². The summed E-state index contributed by atoms with van der Waals surface area (Å²) in [7, 11) is 0. The van der Waals surface area contributed by atoms with Crippen molar-refractivity contribution in [3.05, 3.63) is 193 Å². The van der Waals surface area contributed by atoms with E-state index < -0.39 is 0 Å². The molecule has 0 amide bonds. The standard InChI is InChI=1S/C55H36O/c1-55(2)48-32-46(38-18-5-6-20-40(38)53(48)45-28-26-33-14-3-4-17-37(33)54(45)55)34-15-13-16-35(30-34)51-41-21-7-9-23-43(41)52(44-24-10-8-22-42(44)51)36-27-29-50-47(31-36)39-19-11-12-25-49(39)56-50/h3-32H,1-2H3. The third-order valence-electron chi connectivity index (χ3n) is 12.6. The number of furan rings is 1. The molecule has 0 unspecified atom stereocenters. The fourth-order valence-corrected chi connectivity index (χ4v) is 10.2. The summed E-state index contributed by atoms with van der Waals surface area (Å²) in [5.74, 6) is 0. The molecule has 1 aliphatic carbocycles. The lowest BCUT2D eigenvalue weighted by Gasteiger charge is -2.24. The molecule has 11 aromatic rings. The summed E-state index contributed by atoms with van der Waals surface area (Å²) in [4.78, 5) is 0. The Morgan fingerprint density at radius 3 is 1.57 bits per heavy atom. The van der Waals surface area contributed by atoms with Gasteiger partial charge in [-0.3, -0.25) is 0 Å². The predicted molar refractivity (Wildman–Crippen MR) is 238 cm³/mol. The minimum atomic E-state index is -0.157. The van der Waals surface area contributed by atoms with E-state index in [0.717, 1.165) is 21.9 Å². The van der Waals surface area contributed by atoms with E-state index in [4.69, 9.17) is 4.42 Å². The molecule has 0 radical (unpaired) electrons. The topological polar surface area (TPSA) is 13.1 Å². The normalized spacial score (nSPS) is 13.3. The zero-order valence-electron chi connectivity index (χ0n) is 31.2. The van der Waals surface area contributed by atoms with Crippen LogP contribution < -0.4 is 0 Å². The van der Waals surface area contributed by atoms with Crippen LogP contribution in [0.15, 0.2) is 186 Å². The molecule has 0 saturated carbocycles. The molecular formula is C55H36O. The molecular weight excluding hydrogens is 677 g/mol. The zero-order valence-corrected chi connectivity index (χ0v) is 31.2. The van der Waals surface area contributed by atoms with Crippen molar-refractivity contribution in [3.8, 4) is 44.5 Å². The van der Waals surface area contributed by atoms with Crippen molar-refractivity contribution < 1.29 is 4.42 Å². The third kappa shape index (κ3) is 4.31. The molecule has 0 saturated heterocycles. The van der Waals surface area contributed by atoms with Crippen LogP contribution in [-0.2, 0) is 5.41 Å². The van der Waals surface area contributed by atoms with Gasteiger partial charge in [0.1, 0.15) is 11.2 Å². The van der Waals surface area contributed by atoms with Gasteiger partial charge in [0.15, 0.2) is 0 Å². The van der Waals surface area contributed by atoms with Crippen LogP contribution in [0, 0.1) is 0 Å². The number of rotatable bonds is 3. The Hall–Kier alpha value is -6.96. The first-order valence-corrected chi connectivity index (χ1v) is 19.6. The maximum atomic E-state index is 6.24. The van der Waals surface area contributed by atoms with Crippen molar-refractivity contribution >= 4 is 65.0 Å². The van der Waals surface area contributed by atoms with Gasteiger partial charge in [-0.25, -0.2) is 0 Å². The largest absolute Gasteiger partial charge is 0.456 e. The van der Waals surface area contributed by atoms with Crippen LogP contribution in [0.5, 0.6) is 0 Å². The predicted octanol–water partition coefficient (Wildman–Crippen LogP) is 15.5. The Labute approximate surface area is 325 Å². The number of para-hydroxylation sites is 1. The number of hydrogen-bond donors (Lipinski definition) is 0. The van der Waals surface area contributed by atoms with Crippen LogP contribution in [0.1, 0.15) is 25.0 Å². The lowest BCUT2D eigenvalue weighted by atomic mass is 9.79. The molecule has 1 aromatic heterocycles. The molecule has 0 fully saturated rings. The Morgan fingerprint density at radius 1 is 0.339 bits per heavy atom. The van der Waals surface area contributed by atoms with Crippen LogP contribution in [0.2, 0.25) is 0 Å². The zero-order chi connectivity index (χ0) is 37.1. The molecule has 0 bridgehead atoms. The second kappa shape index (κ2) is 11.5. The Bertz CT molecular complexity index is 3390. The quantitative estimate of drug-likeness (QED) is 0.166. The lowest BCUT2D eigenvalue weighted by molar-refractivity contribution is 0.667. The average Bonchev–Trinajstić information content (AvgIpc) is 3.73. The van der Waals surface area contributed by atoms with Crippen LogP contribution in [0.4, 0.5) is 0 Å². The summed E-state index contributed by atoms with van der Waals surface area (Å²) in [5.41, 5.74) is 14.7. The molecule has 1 heteroatoms. The van der Waals surface area contributed by atoms with E-state index in [1.165, 1.54) is 98.7 Å². The van der Waals surface area contributed by atoms with Gasteiger partial charge >= 0.3 is 0 Å². The molecule has 0 N–H and O–H groups in total. The molecule has 1 aliphatic rings. The smallest absolute Gasteiger partial charge is 0.135 e. The monoisotopic (exact) mass is 712 g/mol. The van der Waals surface area contributed by atoms with Crippen molar-refractivity contribution in [2.24, 2.45) is 0 Å². The minimum Gasteiger partial charge on any atom is -0.456 e. The first-order chi connectivity index (χ1) is 27.5. The summed E-state index contributed by atoms with van der Waals surface area (Å²) in [6, 6.07) is 67.2. The van der Waals surface area contributed by atoms with Crippen LogP contribution >= 0.6 is 0 Å². The molecule has 0 aliphatic heterocycles. The van der Waals surface area contributed by atoms with E-state index in [0.29, 0.717) is 0 Å². The molecule has 56 heavy (non-hydrogen) atoms. The average molecular weight is 713 g/mol. The minimum absolute atomic E-state index is 0.157. The Kier molecular flexibility index (Phi) is 6.46. The highest BCUT2D eigenvalue weighted by Gasteiger charge is 2.38. The summed E-state index contributed by atoms with van der Waals surface area (Å²) in [6.45, 7) is 4.82. The first-order valence-electron chi connectivity index (χ1n) is 19.6. The number of hydrogen-bond acceptors (Lipinski definition) is 1. The van der Waals surface area contributed by atoms with Gasteiger partial charge < -0.3 is 4.42 Å². The summed E-state index contributed by atoms with van der Waals surface area (Å²) in [6.07, 6.45) is 0. The van der Waals surface area contributed by atoms with Crippen LogP contribution in [0.25, 0.3) is 110 Å². The van der Waals surface area contributed by atoms with Gasteiger partial charge in [-0.15, -0.1) is 0 Å². The van der Waals surface area contributed by atoms with E-state index in [9.17, 15) is 0 Å². The highest BCUT2D eigenvalue weighted by Crippen LogP contribution is 2.55. The highest BCUT2D eigenvalue weighted by atomic mass is 16.3. The molecule has 1 heterocycles. The fraction of sp³-hybridized carbons (Fsp3) is 0.0545. The van der Waals surface area contributed by atoms with Gasteiger partial charge in [0.2, 0.25) is 0 Å². The second-order valence-corrected chi connectivity index (χ2v) is 16.0. The van der Waals surface area contributed by atoms with E-state index in [1.807, 2.05) is 6.07 Å². The summed E-state index contributed by atoms with van der Waals surface area (Å²) >= 11 is 0.